The molecule has 17 heteroatoms. The fourth-order valence-electron chi connectivity index (χ4n) is 4.15. The van der Waals surface area contributed by atoms with E-state index in [9.17, 15) is 34.3 Å². The second-order valence-corrected chi connectivity index (χ2v) is 15.0. The molecule has 0 aliphatic carbocycles. The molecule has 0 spiro atoms. The van der Waals surface area contributed by atoms with E-state index in [0.717, 1.165) is 11.4 Å². The van der Waals surface area contributed by atoms with Gasteiger partial charge in [-0.3, -0.25) is 28.7 Å². The van der Waals surface area contributed by atoms with E-state index in [0.29, 0.717) is 11.1 Å². The first kappa shape index (κ1) is 28.1. The summed E-state index contributed by atoms with van der Waals surface area (Å²) in [4.78, 5) is 62.8. The molecule has 2 aromatic rings. The zero-order valence-electron chi connectivity index (χ0n) is 19.8. The van der Waals surface area contributed by atoms with E-state index in [1.54, 1.807) is 0 Å². The van der Waals surface area contributed by atoms with Gasteiger partial charge in [0.2, 0.25) is 5.69 Å². The second-order valence-electron chi connectivity index (χ2n) is 8.85. The number of rotatable bonds is 8. The number of hydrogen-bond acceptors (Lipinski definition) is 11. The van der Waals surface area contributed by atoms with Crippen LogP contribution < -0.4 is 22.5 Å². The van der Waals surface area contributed by atoms with Gasteiger partial charge in [-0.15, -0.1) is 0 Å². The summed E-state index contributed by atoms with van der Waals surface area (Å²) in [5.74, 6) is 0.0436. The molecule has 0 aromatic carbocycles. The van der Waals surface area contributed by atoms with Gasteiger partial charge in [0, 0.05) is 42.1 Å². The Labute approximate surface area is 218 Å². The van der Waals surface area contributed by atoms with Gasteiger partial charge in [0.15, 0.2) is 0 Å². The van der Waals surface area contributed by atoms with Crippen molar-refractivity contribution in [1.29, 1.82) is 0 Å². The van der Waals surface area contributed by atoms with E-state index in [1.807, 2.05) is 0 Å². The molecule has 0 bridgehead atoms. The van der Waals surface area contributed by atoms with E-state index >= 15 is 0 Å². The van der Waals surface area contributed by atoms with Crippen LogP contribution in [0.5, 0.6) is 0 Å². The highest BCUT2D eigenvalue weighted by molar-refractivity contribution is 8.67. The Morgan fingerprint density at radius 3 is 2.08 bits per heavy atom. The maximum absolute atomic E-state index is 12.2. The molecule has 7 atom stereocenters. The maximum atomic E-state index is 12.2. The number of nitrogens with one attached hydrogen (secondary N) is 2. The van der Waals surface area contributed by atoms with Crippen LogP contribution in [0.15, 0.2) is 31.6 Å². The highest BCUT2D eigenvalue weighted by atomic mass is 32.9. The van der Waals surface area contributed by atoms with Gasteiger partial charge < -0.3 is 29.1 Å². The van der Waals surface area contributed by atoms with Gasteiger partial charge >= 0.3 is 11.4 Å². The third-order valence-electron chi connectivity index (χ3n) is 6.15. The minimum Gasteiger partial charge on any atom is -0.394 e. The molecule has 5 N–H and O–H groups in total. The van der Waals surface area contributed by atoms with E-state index in [2.05, 4.69) is 9.97 Å². The molecule has 4 heterocycles. The van der Waals surface area contributed by atoms with Crippen molar-refractivity contribution in [2.24, 2.45) is 0 Å². The number of aliphatic hydroxyl groups excluding tert-OH is 2. The third kappa shape index (κ3) is 6.24. The van der Waals surface area contributed by atoms with Crippen molar-refractivity contribution < 1.29 is 29.1 Å². The largest absolute Gasteiger partial charge is 0.394 e. The van der Waals surface area contributed by atoms with Crippen LogP contribution in [-0.2, 0) is 25.8 Å². The zero-order chi connectivity index (χ0) is 27.1. The minimum absolute atomic E-state index is 0.0436. The van der Waals surface area contributed by atoms with Crippen LogP contribution in [0.1, 0.15) is 36.4 Å². The summed E-state index contributed by atoms with van der Waals surface area (Å²) in [7, 11) is 0. The van der Waals surface area contributed by atoms with Gasteiger partial charge in [0.05, 0.1) is 24.9 Å². The summed E-state index contributed by atoms with van der Waals surface area (Å²) < 4.78 is 19.6. The first-order valence-corrected chi connectivity index (χ1v) is 15.5. The van der Waals surface area contributed by atoms with Crippen LogP contribution in [-0.4, -0.2) is 71.0 Å². The monoisotopic (exact) mass is 578 g/mol. The molecular weight excluding hydrogens is 551 g/mol. The van der Waals surface area contributed by atoms with Gasteiger partial charge in [0.25, 0.3) is 11.1 Å². The van der Waals surface area contributed by atoms with Gasteiger partial charge in [0.1, 0.15) is 18.6 Å². The maximum Gasteiger partial charge on any atom is 0.330 e. The van der Waals surface area contributed by atoms with Crippen LogP contribution in [0, 0.1) is 13.8 Å². The first-order valence-electron chi connectivity index (χ1n) is 11.3. The van der Waals surface area contributed by atoms with Crippen LogP contribution in [0.2, 0.25) is 0 Å². The van der Waals surface area contributed by atoms with E-state index in [4.69, 9.17) is 25.8 Å². The molecule has 0 radical (unpaired) electrons. The van der Waals surface area contributed by atoms with Crippen molar-refractivity contribution in [2.75, 3.05) is 12.4 Å². The standard InChI is InChI=1S/C20H27N4O10PS2/c1-9-5-23(19(29)21-17(9)27)15-3-11(26)14(33-15)8-37-35(31,36)34-12-4-16(32-13(12)7-25)24-6-10(2)18(28)22-20(24)30/h5-6,11-16,25-26H,3-4,7-8H2,1-2H3,(H,31,36)(H,21,27,29)(H,22,28,30)/t11-,12-,13+,14+,15+,16+,35?/m0/s1. The predicted octanol–water partition coefficient (Wildman–Crippen LogP) is -1.03. The second kappa shape index (κ2) is 11.1. The summed E-state index contributed by atoms with van der Waals surface area (Å²) in [5, 5.41) is 20.2. The molecular formula is C20H27N4O10PS2. The van der Waals surface area contributed by atoms with Crippen molar-refractivity contribution in [2.45, 2.75) is 63.6 Å². The van der Waals surface area contributed by atoms with Gasteiger partial charge in [-0.05, 0) is 25.7 Å². The Hall–Kier alpha value is -1.88. The fraction of sp³-hybridized carbons (Fsp3) is 0.600. The average molecular weight is 579 g/mol. The lowest BCUT2D eigenvalue weighted by Crippen LogP contribution is -2.33. The molecule has 0 amide bonds. The SMILES string of the molecule is Cc1cn([C@H]2C[C@H](OP(O)(=S)SC[C@H]3O[C@@H](n4cc(C)c(=O)[nH]c4=O)C[C@@H]3O)[C@@H](CO)O2)c(=O)[nH]c1=O. The van der Waals surface area contributed by atoms with Crippen LogP contribution in [0.4, 0.5) is 0 Å². The van der Waals surface area contributed by atoms with E-state index < -0.39 is 71.7 Å². The highest BCUT2D eigenvalue weighted by Crippen LogP contribution is 2.59. The topological polar surface area (TPSA) is 198 Å². The number of aromatic nitrogens is 4. The Balaban J connectivity index is 1.39. The summed E-state index contributed by atoms with van der Waals surface area (Å²) in [6.07, 6.45) is -2.28. The average Bonchev–Trinajstić information content (AvgIpc) is 3.39. The predicted molar refractivity (Wildman–Crippen MR) is 136 cm³/mol. The van der Waals surface area contributed by atoms with Crippen molar-refractivity contribution >= 4 is 28.9 Å². The zero-order valence-corrected chi connectivity index (χ0v) is 22.3. The van der Waals surface area contributed by atoms with Crippen LogP contribution in [0.25, 0.3) is 0 Å². The quantitative estimate of drug-likeness (QED) is 0.239. The number of H-pyrrole nitrogens is 2. The number of aromatic amines is 2. The normalized spacial score (nSPS) is 29.4. The third-order valence-corrected chi connectivity index (χ3v) is 10.4. The molecule has 2 aliphatic rings. The van der Waals surface area contributed by atoms with E-state index in [1.165, 1.54) is 35.4 Å². The molecule has 2 saturated heterocycles. The van der Waals surface area contributed by atoms with Crippen molar-refractivity contribution in [3.8, 4) is 0 Å². The van der Waals surface area contributed by atoms with Crippen molar-refractivity contribution in [1.82, 2.24) is 19.1 Å². The Bertz CT molecular complexity index is 1440. The Morgan fingerprint density at radius 1 is 1.03 bits per heavy atom. The first-order chi connectivity index (χ1) is 17.4. The highest BCUT2D eigenvalue weighted by Gasteiger charge is 2.41. The van der Waals surface area contributed by atoms with Gasteiger partial charge in [-0.2, -0.15) is 0 Å². The van der Waals surface area contributed by atoms with Crippen molar-refractivity contribution in [3.63, 3.8) is 0 Å². The number of aliphatic hydroxyl groups is 2. The van der Waals surface area contributed by atoms with Crippen LogP contribution in [0.3, 0.4) is 0 Å². The number of nitrogens with zero attached hydrogens (tertiary/aromatic N) is 2. The lowest BCUT2D eigenvalue weighted by molar-refractivity contribution is -0.0417. The number of hydrogen-bond donors (Lipinski definition) is 5. The fourth-order valence-corrected chi connectivity index (χ4v) is 7.81. The minimum atomic E-state index is -3.53. The molecule has 1 unspecified atom stereocenters. The summed E-state index contributed by atoms with van der Waals surface area (Å²) in [6, 6.07) is 0. The Morgan fingerprint density at radius 2 is 1.54 bits per heavy atom. The number of ether oxygens (including phenoxy) is 2. The summed E-state index contributed by atoms with van der Waals surface area (Å²) >= 11 is 6.14. The van der Waals surface area contributed by atoms with E-state index in [-0.39, 0.29) is 18.6 Å². The lowest BCUT2D eigenvalue weighted by atomic mass is 10.2. The van der Waals surface area contributed by atoms with Gasteiger partial charge in [-0.25, -0.2) is 9.59 Å². The van der Waals surface area contributed by atoms with Crippen molar-refractivity contribution in [3.05, 3.63) is 65.2 Å². The van der Waals surface area contributed by atoms with Crippen LogP contribution >= 0.6 is 17.1 Å². The molecule has 204 valence electrons. The lowest BCUT2D eigenvalue weighted by Gasteiger charge is -2.24. The Kier molecular flexibility index (Phi) is 8.43. The summed E-state index contributed by atoms with van der Waals surface area (Å²) in [5.41, 5.74) is -5.31. The molecule has 4 rings (SSSR count). The smallest absolute Gasteiger partial charge is 0.330 e. The molecule has 2 aliphatic heterocycles. The van der Waals surface area contributed by atoms with Gasteiger partial charge in [-0.1, -0.05) is 11.4 Å². The number of aryl methyl sites for hydroxylation is 2. The molecule has 37 heavy (non-hydrogen) atoms. The molecule has 2 fully saturated rings. The molecule has 2 aromatic heterocycles. The molecule has 14 nitrogen and oxygen atoms in total. The summed E-state index contributed by atoms with van der Waals surface area (Å²) in [6.45, 7) is 2.61. The molecule has 0 saturated carbocycles.